The highest BCUT2D eigenvalue weighted by Crippen LogP contribution is 2.20. The predicted octanol–water partition coefficient (Wildman–Crippen LogP) is -0.112. The summed E-state index contributed by atoms with van der Waals surface area (Å²) in [6.45, 7) is 4.03. The van der Waals surface area contributed by atoms with Crippen molar-refractivity contribution in [3.63, 3.8) is 0 Å². The first kappa shape index (κ1) is 10.9. The molecule has 1 atom stereocenters. The molecule has 1 amide bonds. The van der Waals surface area contributed by atoms with Crippen LogP contribution < -0.4 is 5.73 Å². The van der Waals surface area contributed by atoms with Crippen molar-refractivity contribution in [2.24, 2.45) is 11.7 Å². The molecule has 0 bridgehead atoms. The van der Waals surface area contributed by atoms with Crippen molar-refractivity contribution in [2.45, 2.75) is 25.3 Å². The van der Waals surface area contributed by atoms with Gasteiger partial charge in [0.2, 0.25) is 5.91 Å². The second-order valence-electron chi connectivity index (χ2n) is 5.01. The van der Waals surface area contributed by atoms with Crippen molar-refractivity contribution in [2.75, 3.05) is 33.2 Å². The average Bonchev–Trinajstić information content (AvgIpc) is 2.49. The first-order valence-electron chi connectivity index (χ1n) is 5.87. The van der Waals surface area contributed by atoms with E-state index >= 15 is 0 Å². The van der Waals surface area contributed by atoms with Crippen molar-refractivity contribution in [3.05, 3.63) is 0 Å². The van der Waals surface area contributed by atoms with E-state index in [2.05, 4.69) is 11.9 Å². The van der Waals surface area contributed by atoms with E-state index < -0.39 is 0 Å². The topological polar surface area (TPSA) is 49.6 Å². The molecule has 2 aliphatic rings. The van der Waals surface area contributed by atoms with E-state index in [4.69, 9.17) is 5.73 Å². The molecule has 0 radical (unpaired) electrons. The number of hydrogen-bond acceptors (Lipinski definition) is 3. The van der Waals surface area contributed by atoms with Crippen molar-refractivity contribution in [1.82, 2.24) is 9.80 Å². The zero-order valence-corrected chi connectivity index (χ0v) is 9.48. The van der Waals surface area contributed by atoms with Gasteiger partial charge >= 0.3 is 0 Å². The molecule has 1 unspecified atom stereocenters. The van der Waals surface area contributed by atoms with Crippen LogP contribution in [0.25, 0.3) is 0 Å². The van der Waals surface area contributed by atoms with Gasteiger partial charge in [0, 0.05) is 25.6 Å². The summed E-state index contributed by atoms with van der Waals surface area (Å²) < 4.78 is 0. The molecule has 2 rings (SSSR count). The zero-order valence-electron chi connectivity index (χ0n) is 9.48. The van der Waals surface area contributed by atoms with Crippen LogP contribution in [0.4, 0.5) is 0 Å². The third-order valence-electron chi connectivity index (χ3n) is 3.56. The number of nitrogens with zero attached hydrogens (tertiary/aromatic N) is 2. The molecular weight excluding hydrogens is 190 g/mol. The van der Waals surface area contributed by atoms with Crippen LogP contribution in [0.15, 0.2) is 0 Å². The third kappa shape index (κ3) is 2.69. The van der Waals surface area contributed by atoms with Crippen LogP contribution in [-0.4, -0.2) is 55.0 Å². The summed E-state index contributed by atoms with van der Waals surface area (Å²) in [5.74, 6) is 0.942. The fourth-order valence-electron chi connectivity index (χ4n) is 2.54. The van der Waals surface area contributed by atoms with Crippen LogP contribution in [0.3, 0.4) is 0 Å². The summed E-state index contributed by atoms with van der Waals surface area (Å²) in [6, 6.07) is 0.0729. The molecule has 2 aliphatic heterocycles. The van der Waals surface area contributed by atoms with E-state index in [0.29, 0.717) is 12.3 Å². The van der Waals surface area contributed by atoms with E-state index in [1.807, 2.05) is 4.90 Å². The van der Waals surface area contributed by atoms with Crippen LogP contribution in [-0.2, 0) is 4.79 Å². The van der Waals surface area contributed by atoms with E-state index in [0.717, 1.165) is 13.1 Å². The van der Waals surface area contributed by atoms with E-state index in [9.17, 15) is 4.79 Å². The van der Waals surface area contributed by atoms with Crippen LogP contribution in [0.1, 0.15) is 19.3 Å². The van der Waals surface area contributed by atoms with Gasteiger partial charge in [0.15, 0.2) is 0 Å². The number of likely N-dealkylation sites (tertiary alicyclic amines) is 2. The minimum atomic E-state index is 0.0729. The van der Waals surface area contributed by atoms with E-state index in [1.165, 1.54) is 25.9 Å². The van der Waals surface area contributed by atoms with Gasteiger partial charge in [-0.25, -0.2) is 0 Å². The van der Waals surface area contributed by atoms with Gasteiger partial charge in [0.05, 0.1) is 0 Å². The minimum Gasteiger partial charge on any atom is -0.341 e. The van der Waals surface area contributed by atoms with Crippen LogP contribution in [0, 0.1) is 5.92 Å². The smallest absolute Gasteiger partial charge is 0.224 e. The molecule has 0 aliphatic carbocycles. The molecule has 2 saturated heterocycles. The Morgan fingerprint density at radius 3 is 2.60 bits per heavy atom. The summed E-state index contributed by atoms with van der Waals surface area (Å²) in [5, 5.41) is 0. The quantitative estimate of drug-likeness (QED) is 0.693. The number of hydrogen-bond donors (Lipinski definition) is 1. The van der Waals surface area contributed by atoms with Crippen LogP contribution in [0.5, 0.6) is 0 Å². The highest BCUT2D eigenvalue weighted by Gasteiger charge is 2.29. The number of carbonyl (C=O) groups excluding carboxylic acids is 1. The summed E-state index contributed by atoms with van der Waals surface area (Å²) in [7, 11) is 2.16. The fourth-order valence-corrected chi connectivity index (χ4v) is 2.54. The Morgan fingerprint density at radius 1 is 1.40 bits per heavy atom. The van der Waals surface area contributed by atoms with Gasteiger partial charge in [0.1, 0.15) is 0 Å². The normalized spacial score (nSPS) is 30.1. The highest BCUT2D eigenvalue weighted by molar-refractivity contribution is 5.79. The third-order valence-corrected chi connectivity index (χ3v) is 3.56. The molecule has 2 N–H and O–H groups in total. The number of carbonyl (C=O) groups is 1. The minimum absolute atomic E-state index is 0.0729. The van der Waals surface area contributed by atoms with Gasteiger partial charge in [0.25, 0.3) is 0 Å². The number of piperidine rings is 1. The fraction of sp³-hybridized carbons (Fsp3) is 0.909. The monoisotopic (exact) mass is 211 g/mol. The number of rotatable bonds is 2. The first-order chi connectivity index (χ1) is 7.15. The molecule has 0 spiro atoms. The lowest BCUT2D eigenvalue weighted by atomic mass is 9.97. The molecule has 86 valence electrons. The Bertz CT molecular complexity index is 236. The molecule has 2 fully saturated rings. The summed E-state index contributed by atoms with van der Waals surface area (Å²) in [4.78, 5) is 15.9. The second kappa shape index (κ2) is 4.49. The predicted molar refractivity (Wildman–Crippen MR) is 59.4 cm³/mol. The van der Waals surface area contributed by atoms with Gasteiger partial charge in [-0.15, -0.1) is 0 Å². The Balaban J connectivity index is 1.79. The highest BCUT2D eigenvalue weighted by atomic mass is 16.2. The average molecular weight is 211 g/mol. The van der Waals surface area contributed by atoms with Gasteiger partial charge < -0.3 is 15.5 Å². The van der Waals surface area contributed by atoms with Gasteiger partial charge in [-0.2, -0.15) is 0 Å². The first-order valence-corrected chi connectivity index (χ1v) is 5.87. The number of amides is 1. The van der Waals surface area contributed by atoms with Gasteiger partial charge in [-0.1, -0.05) is 0 Å². The molecule has 0 saturated carbocycles. The lowest BCUT2D eigenvalue weighted by Gasteiger charge is -2.31. The zero-order chi connectivity index (χ0) is 10.8. The van der Waals surface area contributed by atoms with E-state index in [1.54, 1.807) is 0 Å². The lowest BCUT2D eigenvalue weighted by molar-refractivity contribution is -0.128. The Morgan fingerprint density at radius 2 is 2.07 bits per heavy atom. The second-order valence-corrected chi connectivity index (χ2v) is 5.01. The van der Waals surface area contributed by atoms with Crippen molar-refractivity contribution < 1.29 is 4.79 Å². The number of nitrogens with two attached hydrogens (primary N) is 1. The van der Waals surface area contributed by atoms with Crippen molar-refractivity contribution in [3.8, 4) is 0 Å². The Labute approximate surface area is 91.4 Å². The SMILES string of the molecule is CN1CCC(CN2CC(N)CC2=O)CC1. The molecule has 15 heavy (non-hydrogen) atoms. The van der Waals surface area contributed by atoms with Crippen molar-refractivity contribution >= 4 is 5.91 Å². The molecule has 0 aromatic carbocycles. The van der Waals surface area contributed by atoms with Gasteiger partial charge in [-0.3, -0.25) is 4.79 Å². The molecule has 0 aromatic heterocycles. The maximum atomic E-state index is 11.6. The summed E-state index contributed by atoms with van der Waals surface area (Å²) in [5.41, 5.74) is 5.77. The standard InChI is InChI=1S/C11H21N3O/c1-13-4-2-9(3-5-13)7-14-8-10(12)6-11(14)15/h9-10H,2-8,12H2,1H3. The Kier molecular flexibility index (Phi) is 3.26. The van der Waals surface area contributed by atoms with E-state index in [-0.39, 0.29) is 11.9 Å². The van der Waals surface area contributed by atoms with Crippen LogP contribution in [0.2, 0.25) is 0 Å². The molecule has 4 heteroatoms. The maximum absolute atomic E-state index is 11.6. The van der Waals surface area contributed by atoms with Crippen molar-refractivity contribution in [1.29, 1.82) is 0 Å². The summed E-state index contributed by atoms with van der Waals surface area (Å²) >= 11 is 0. The largest absolute Gasteiger partial charge is 0.341 e. The lowest BCUT2D eigenvalue weighted by Crippen LogP contribution is -2.38. The van der Waals surface area contributed by atoms with Gasteiger partial charge in [-0.05, 0) is 38.9 Å². The Hall–Kier alpha value is -0.610. The molecule has 4 nitrogen and oxygen atoms in total. The maximum Gasteiger partial charge on any atom is 0.224 e. The molecular formula is C11H21N3O. The molecule has 0 aromatic rings. The summed E-state index contributed by atoms with van der Waals surface area (Å²) in [6.07, 6.45) is 2.98. The molecule has 2 heterocycles. The van der Waals surface area contributed by atoms with Crippen LogP contribution >= 0.6 is 0 Å².